The summed E-state index contributed by atoms with van der Waals surface area (Å²) in [5.41, 5.74) is 1.08. The number of ether oxygens (including phenoxy) is 3. The lowest BCUT2D eigenvalue weighted by atomic mass is 9.98. The highest BCUT2D eigenvalue weighted by molar-refractivity contribution is 5.50. The molecule has 1 aromatic rings. The maximum absolute atomic E-state index is 9.34. The van der Waals surface area contributed by atoms with Crippen molar-refractivity contribution in [3.8, 4) is 17.2 Å². The van der Waals surface area contributed by atoms with E-state index in [9.17, 15) is 5.11 Å². The van der Waals surface area contributed by atoms with E-state index in [2.05, 4.69) is 4.90 Å². The molecule has 0 aromatic heterocycles. The first-order chi connectivity index (χ1) is 10.2. The predicted molar refractivity (Wildman–Crippen MR) is 81.2 cm³/mol. The standard InChI is InChI=1S/C16H25NO4/c1-19-14-8-16(21-3)15(20-2)7-13(14)10-17-6-4-5-12(9-17)11-18/h7-8,12,18H,4-6,9-11H2,1-3H3. The van der Waals surface area contributed by atoms with Gasteiger partial charge in [0.25, 0.3) is 0 Å². The Labute approximate surface area is 126 Å². The van der Waals surface area contributed by atoms with Gasteiger partial charge in [-0.2, -0.15) is 0 Å². The highest BCUT2D eigenvalue weighted by Gasteiger charge is 2.21. The average Bonchev–Trinajstić information content (AvgIpc) is 2.54. The molecule has 0 spiro atoms. The van der Waals surface area contributed by atoms with E-state index >= 15 is 0 Å². The molecule has 0 bridgehead atoms. The summed E-state index contributed by atoms with van der Waals surface area (Å²) in [6.07, 6.45) is 2.23. The second-order valence-corrected chi connectivity index (χ2v) is 5.44. The molecule has 1 heterocycles. The molecule has 1 atom stereocenters. The van der Waals surface area contributed by atoms with Crippen molar-refractivity contribution in [2.45, 2.75) is 19.4 Å². The lowest BCUT2D eigenvalue weighted by Gasteiger charge is -2.32. The molecule has 21 heavy (non-hydrogen) atoms. The van der Waals surface area contributed by atoms with Gasteiger partial charge in [0.15, 0.2) is 11.5 Å². The number of aliphatic hydroxyl groups is 1. The van der Waals surface area contributed by atoms with Crippen LogP contribution in [0.4, 0.5) is 0 Å². The van der Waals surface area contributed by atoms with Crippen LogP contribution in [0.1, 0.15) is 18.4 Å². The molecule has 1 N–H and O–H groups in total. The monoisotopic (exact) mass is 295 g/mol. The molecule has 5 nitrogen and oxygen atoms in total. The molecule has 118 valence electrons. The van der Waals surface area contributed by atoms with Crippen molar-refractivity contribution in [2.24, 2.45) is 5.92 Å². The highest BCUT2D eigenvalue weighted by atomic mass is 16.5. The van der Waals surface area contributed by atoms with Gasteiger partial charge in [0, 0.05) is 31.3 Å². The van der Waals surface area contributed by atoms with Gasteiger partial charge in [0.1, 0.15) is 5.75 Å². The number of hydrogen-bond acceptors (Lipinski definition) is 5. The number of aliphatic hydroxyl groups excluding tert-OH is 1. The van der Waals surface area contributed by atoms with Gasteiger partial charge in [-0.05, 0) is 31.4 Å². The van der Waals surface area contributed by atoms with Gasteiger partial charge >= 0.3 is 0 Å². The minimum atomic E-state index is 0.263. The van der Waals surface area contributed by atoms with Crippen LogP contribution in [-0.2, 0) is 6.54 Å². The fourth-order valence-electron chi connectivity index (χ4n) is 2.90. The number of rotatable bonds is 6. The second-order valence-electron chi connectivity index (χ2n) is 5.44. The molecule has 1 aliphatic rings. The Morgan fingerprint density at radius 2 is 1.76 bits per heavy atom. The third-order valence-corrected chi connectivity index (χ3v) is 4.04. The lowest BCUT2D eigenvalue weighted by Crippen LogP contribution is -2.36. The minimum Gasteiger partial charge on any atom is -0.496 e. The maximum Gasteiger partial charge on any atom is 0.164 e. The molecule has 0 saturated carbocycles. The van der Waals surface area contributed by atoms with Gasteiger partial charge in [-0.1, -0.05) is 0 Å². The number of nitrogens with zero attached hydrogens (tertiary/aromatic N) is 1. The SMILES string of the molecule is COc1cc(OC)c(OC)cc1CN1CCCC(CO)C1. The van der Waals surface area contributed by atoms with Gasteiger partial charge < -0.3 is 19.3 Å². The zero-order valence-corrected chi connectivity index (χ0v) is 13.1. The van der Waals surface area contributed by atoms with Crippen molar-refractivity contribution >= 4 is 0 Å². The number of methoxy groups -OCH3 is 3. The van der Waals surface area contributed by atoms with Crippen molar-refractivity contribution in [3.05, 3.63) is 17.7 Å². The van der Waals surface area contributed by atoms with Crippen molar-refractivity contribution < 1.29 is 19.3 Å². The quantitative estimate of drug-likeness (QED) is 0.869. The molecule has 0 radical (unpaired) electrons. The van der Waals surface area contributed by atoms with Crippen LogP contribution in [0.25, 0.3) is 0 Å². The number of likely N-dealkylation sites (tertiary alicyclic amines) is 1. The first-order valence-corrected chi connectivity index (χ1v) is 7.34. The second kappa shape index (κ2) is 7.52. The summed E-state index contributed by atoms with van der Waals surface area (Å²) in [6, 6.07) is 3.84. The summed E-state index contributed by atoms with van der Waals surface area (Å²) in [5, 5.41) is 9.34. The Balaban J connectivity index is 2.18. The third-order valence-electron chi connectivity index (χ3n) is 4.04. The molecule has 2 rings (SSSR count). The van der Waals surface area contributed by atoms with E-state index in [-0.39, 0.29) is 6.61 Å². The van der Waals surface area contributed by atoms with Crippen LogP contribution in [0.2, 0.25) is 0 Å². The normalized spacial score (nSPS) is 19.3. The van der Waals surface area contributed by atoms with Gasteiger partial charge in [0.05, 0.1) is 21.3 Å². The zero-order chi connectivity index (χ0) is 15.2. The Hall–Kier alpha value is -1.46. The molecule has 1 saturated heterocycles. The summed E-state index contributed by atoms with van der Waals surface area (Å²) in [6.45, 7) is 3.03. The van der Waals surface area contributed by atoms with E-state index in [4.69, 9.17) is 14.2 Å². The van der Waals surface area contributed by atoms with E-state index < -0.39 is 0 Å². The van der Waals surface area contributed by atoms with Gasteiger partial charge in [-0.25, -0.2) is 0 Å². The summed E-state index contributed by atoms with van der Waals surface area (Å²) in [7, 11) is 4.92. The first kappa shape index (κ1) is 15.9. The van der Waals surface area contributed by atoms with Gasteiger partial charge in [0.2, 0.25) is 0 Å². The number of hydrogen-bond donors (Lipinski definition) is 1. The first-order valence-electron chi connectivity index (χ1n) is 7.34. The van der Waals surface area contributed by atoms with E-state index in [1.54, 1.807) is 21.3 Å². The Morgan fingerprint density at radius 3 is 2.38 bits per heavy atom. The molecular weight excluding hydrogens is 270 g/mol. The molecule has 1 aromatic carbocycles. The van der Waals surface area contributed by atoms with E-state index in [1.807, 2.05) is 12.1 Å². The van der Waals surface area contributed by atoms with Crippen molar-refractivity contribution in [1.82, 2.24) is 4.90 Å². The van der Waals surface area contributed by atoms with Gasteiger partial charge in [-0.15, -0.1) is 0 Å². The minimum absolute atomic E-state index is 0.263. The van der Waals surface area contributed by atoms with Crippen LogP contribution in [0.3, 0.4) is 0 Å². The van der Waals surface area contributed by atoms with Crippen LogP contribution < -0.4 is 14.2 Å². The van der Waals surface area contributed by atoms with E-state index in [0.29, 0.717) is 17.4 Å². The van der Waals surface area contributed by atoms with Crippen molar-refractivity contribution in [1.29, 1.82) is 0 Å². The average molecular weight is 295 g/mol. The summed E-state index contributed by atoms with van der Waals surface area (Å²) >= 11 is 0. The fourth-order valence-corrected chi connectivity index (χ4v) is 2.90. The van der Waals surface area contributed by atoms with Crippen molar-refractivity contribution in [3.63, 3.8) is 0 Å². The van der Waals surface area contributed by atoms with E-state index in [0.717, 1.165) is 43.8 Å². The lowest BCUT2D eigenvalue weighted by molar-refractivity contribution is 0.115. The smallest absolute Gasteiger partial charge is 0.164 e. The Bertz CT molecular complexity index is 464. The topological polar surface area (TPSA) is 51.2 Å². The van der Waals surface area contributed by atoms with Crippen LogP contribution in [-0.4, -0.2) is 51.0 Å². The number of benzene rings is 1. The predicted octanol–water partition coefficient (Wildman–Crippen LogP) is 1.92. The number of piperidine rings is 1. The third kappa shape index (κ3) is 3.80. The van der Waals surface area contributed by atoms with Crippen LogP contribution >= 0.6 is 0 Å². The van der Waals surface area contributed by atoms with E-state index in [1.165, 1.54) is 0 Å². The zero-order valence-electron chi connectivity index (χ0n) is 13.1. The van der Waals surface area contributed by atoms with Gasteiger partial charge in [-0.3, -0.25) is 4.90 Å². The van der Waals surface area contributed by atoms with Crippen molar-refractivity contribution in [2.75, 3.05) is 41.0 Å². The molecule has 1 aliphatic heterocycles. The summed E-state index contributed by atoms with van der Waals surface area (Å²) in [5.74, 6) is 2.57. The highest BCUT2D eigenvalue weighted by Crippen LogP contribution is 2.35. The molecule has 0 amide bonds. The van der Waals surface area contributed by atoms with Crippen LogP contribution in [0.15, 0.2) is 12.1 Å². The fraction of sp³-hybridized carbons (Fsp3) is 0.625. The van der Waals surface area contributed by atoms with Crippen LogP contribution in [0, 0.1) is 5.92 Å². The largest absolute Gasteiger partial charge is 0.496 e. The maximum atomic E-state index is 9.34. The molecule has 5 heteroatoms. The van der Waals surface area contributed by atoms with Crippen LogP contribution in [0.5, 0.6) is 17.2 Å². The molecule has 1 fully saturated rings. The molecule has 1 unspecified atom stereocenters. The molecule has 0 aliphatic carbocycles. The Kier molecular flexibility index (Phi) is 5.70. The summed E-state index contributed by atoms with van der Waals surface area (Å²) < 4.78 is 16.1. The molecular formula is C16H25NO4. The Morgan fingerprint density at radius 1 is 1.10 bits per heavy atom. The summed E-state index contributed by atoms with van der Waals surface area (Å²) in [4.78, 5) is 2.36.